The predicted molar refractivity (Wildman–Crippen MR) is 57.0 cm³/mol. The smallest absolute Gasteiger partial charge is 0.0363 e. The van der Waals surface area contributed by atoms with Gasteiger partial charge in [-0.3, -0.25) is 0 Å². The minimum Gasteiger partial charge on any atom is -0.0654 e. The Labute approximate surface area is 78.8 Å². The van der Waals surface area contributed by atoms with E-state index in [1.807, 2.05) is 0 Å². The van der Waals surface area contributed by atoms with Crippen molar-refractivity contribution >= 4 is 0 Å². The normalized spacial score (nSPS) is 16.5. The Hall–Kier alpha value is 0. The van der Waals surface area contributed by atoms with Gasteiger partial charge in [0.1, 0.15) is 0 Å². The first-order chi connectivity index (χ1) is 5.67. The molecule has 0 bridgehead atoms. The SMILES string of the molecule is [CH2]C(C)C(CC)C(CC)CCC. The van der Waals surface area contributed by atoms with Crippen LogP contribution in [0.2, 0.25) is 0 Å². The van der Waals surface area contributed by atoms with E-state index in [1.165, 1.54) is 25.7 Å². The minimum absolute atomic E-state index is 0.617. The van der Waals surface area contributed by atoms with Crippen molar-refractivity contribution in [3.63, 3.8) is 0 Å². The van der Waals surface area contributed by atoms with E-state index >= 15 is 0 Å². The Kier molecular flexibility index (Phi) is 6.51. The lowest BCUT2D eigenvalue weighted by Crippen LogP contribution is -2.19. The van der Waals surface area contributed by atoms with Crippen LogP contribution in [0.3, 0.4) is 0 Å². The van der Waals surface area contributed by atoms with E-state index < -0.39 is 0 Å². The Bertz CT molecular complexity index is 94.2. The van der Waals surface area contributed by atoms with Gasteiger partial charge in [0, 0.05) is 0 Å². The van der Waals surface area contributed by atoms with Crippen molar-refractivity contribution in [1.82, 2.24) is 0 Å². The first-order valence-corrected chi connectivity index (χ1v) is 5.50. The monoisotopic (exact) mass is 169 g/mol. The van der Waals surface area contributed by atoms with E-state index in [0.717, 1.165) is 11.8 Å². The van der Waals surface area contributed by atoms with Gasteiger partial charge in [0.15, 0.2) is 0 Å². The van der Waals surface area contributed by atoms with E-state index in [4.69, 9.17) is 0 Å². The van der Waals surface area contributed by atoms with Crippen molar-refractivity contribution in [1.29, 1.82) is 0 Å². The Morgan fingerprint density at radius 3 is 1.92 bits per heavy atom. The van der Waals surface area contributed by atoms with Gasteiger partial charge in [-0.05, 0) is 17.8 Å². The summed E-state index contributed by atoms with van der Waals surface area (Å²) >= 11 is 0. The average molecular weight is 169 g/mol. The molecule has 0 fully saturated rings. The zero-order valence-electron chi connectivity index (χ0n) is 9.27. The molecule has 0 saturated carbocycles. The summed E-state index contributed by atoms with van der Waals surface area (Å²) in [6.07, 6.45) is 5.33. The molecule has 3 atom stereocenters. The van der Waals surface area contributed by atoms with Crippen LogP contribution in [0, 0.1) is 24.7 Å². The summed E-state index contributed by atoms with van der Waals surface area (Å²) in [5.74, 6) is 2.37. The second-order valence-electron chi connectivity index (χ2n) is 4.01. The highest BCUT2D eigenvalue weighted by molar-refractivity contribution is 4.74. The van der Waals surface area contributed by atoms with Gasteiger partial charge in [0.25, 0.3) is 0 Å². The van der Waals surface area contributed by atoms with Gasteiger partial charge in [0.05, 0.1) is 0 Å². The highest BCUT2D eigenvalue weighted by atomic mass is 14.3. The van der Waals surface area contributed by atoms with Crippen molar-refractivity contribution in [2.45, 2.75) is 53.4 Å². The maximum Gasteiger partial charge on any atom is -0.0363 e. The third kappa shape index (κ3) is 3.60. The molecule has 0 saturated heterocycles. The lowest BCUT2D eigenvalue weighted by Gasteiger charge is -2.28. The molecule has 0 heterocycles. The molecule has 0 N–H and O–H groups in total. The first-order valence-electron chi connectivity index (χ1n) is 5.50. The standard InChI is InChI=1S/C12H25/c1-6-9-11(7-2)12(8-3)10(4)5/h10-12H,4,6-9H2,1-3,5H3. The number of hydrogen-bond donors (Lipinski definition) is 0. The molecule has 0 nitrogen and oxygen atoms in total. The molecule has 0 aromatic heterocycles. The molecule has 0 aromatic rings. The summed E-state index contributed by atoms with van der Waals surface area (Å²) in [5.41, 5.74) is 0. The molecule has 73 valence electrons. The summed E-state index contributed by atoms with van der Waals surface area (Å²) in [7, 11) is 0. The van der Waals surface area contributed by atoms with Crippen molar-refractivity contribution in [3.8, 4) is 0 Å². The van der Waals surface area contributed by atoms with Gasteiger partial charge in [-0.25, -0.2) is 0 Å². The Morgan fingerprint density at radius 1 is 1.08 bits per heavy atom. The number of rotatable bonds is 6. The Balaban J connectivity index is 4.02. The lowest BCUT2D eigenvalue weighted by atomic mass is 9.78. The molecular weight excluding hydrogens is 144 g/mol. The van der Waals surface area contributed by atoms with Crippen LogP contribution in [0.1, 0.15) is 53.4 Å². The molecule has 0 aliphatic carbocycles. The summed E-state index contributed by atoms with van der Waals surface area (Å²) in [6.45, 7) is 13.3. The largest absolute Gasteiger partial charge is 0.0654 e. The molecule has 3 unspecified atom stereocenters. The van der Waals surface area contributed by atoms with Gasteiger partial charge in [0.2, 0.25) is 0 Å². The third-order valence-corrected chi connectivity index (χ3v) is 2.99. The maximum absolute atomic E-state index is 4.16. The zero-order chi connectivity index (χ0) is 9.56. The van der Waals surface area contributed by atoms with Crippen molar-refractivity contribution in [3.05, 3.63) is 6.92 Å². The van der Waals surface area contributed by atoms with Crippen LogP contribution >= 0.6 is 0 Å². The van der Waals surface area contributed by atoms with Gasteiger partial charge in [-0.2, -0.15) is 0 Å². The van der Waals surface area contributed by atoms with Crippen LogP contribution in [-0.2, 0) is 0 Å². The van der Waals surface area contributed by atoms with Crippen LogP contribution in [0.15, 0.2) is 0 Å². The fourth-order valence-corrected chi connectivity index (χ4v) is 2.29. The molecule has 0 aromatic carbocycles. The second kappa shape index (κ2) is 6.51. The summed E-state index contributed by atoms with van der Waals surface area (Å²) in [4.78, 5) is 0. The van der Waals surface area contributed by atoms with Gasteiger partial charge in [-0.15, -0.1) is 0 Å². The summed E-state index contributed by atoms with van der Waals surface area (Å²) in [6, 6.07) is 0. The van der Waals surface area contributed by atoms with Crippen molar-refractivity contribution < 1.29 is 0 Å². The van der Waals surface area contributed by atoms with E-state index in [0.29, 0.717) is 5.92 Å². The van der Waals surface area contributed by atoms with Crippen LogP contribution < -0.4 is 0 Å². The van der Waals surface area contributed by atoms with Crippen molar-refractivity contribution in [2.75, 3.05) is 0 Å². The third-order valence-electron chi connectivity index (χ3n) is 2.99. The summed E-state index contributed by atoms with van der Waals surface area (Å²) < 4.78 is 0. The molecule has 0 heteroatoms. The molecule has 0 aliphatic rings. The average Bonchev–Trinajstić information content (AvgIpc) is 2.03. The zero-order valence-corrected chi connectivity index (χ0v) is 9.27. The molecule has 12 heavy (non-hydrogen) atoms. The van der Waals surface area contributed by atoms with E-state index in [9.17, 15) is 0 Å². The summed E-state index contributed by atoms with van der Waals surface area (Å²) in [5, 5.41) is 0. The topological polar surface area (TPSA) is 0 Å². The first kappa shape index (κ1) is 12.0. The van der Waals surface area contributed by atoms with Crippen LogP contribution in [0.25, 0.3) is 0 Å². The molecule has 0 aliphatic heterocycles. The van der Waals surface area contributed by atoms with Gasteiger partial charge in [-0.1, -0.05) is 60.3 Å². The van der Waals surface area contributed by atoms with Crippen LogP contribution in [0.4, 0.5) is 0 Å². The highest BCUT2D eigenvalue weighted by Gasteiger charge is 2.20. The minimum atomic E-state index is 0.617. The molecule has 0 rings (SSSR count). The van der Waals surface area contributed by atoms with Crippen LogP contribution in [0.5, 0.6) is 0 Å². The van der Waals surface area contributed by atoms with Crippen molar-refractivity contribution in [2.24, 2.45) is 17.8 Å². The predicted octanol–water partition coefficient (Wildman–Crippen LogP) is 4.31. The second-order valence-corrected chi connectivity index (χ2v) is 4.01. The fraction of sp³-hybridized carbons (Fsp3) is 0.917. The maximum atomic E-state index is 4.16. The van der Waals surface area contributed by atoms with Gasteiger partial charge >= 0.3 is 0 Å². The number of hydrogen-bond acceptors (Lipinski definition) is 0. The Morgan fingerprint density at radius 2 is 1.67 bits per heavy atom. The quantitative estimate of drug-likeness (QED) is 0.556. The molecule has 1 radical (unpaired) electrons. The van der Waals surface area contributed by atoms with Gasteiger partial charge < -0.3 is 0 Å². The lowest BCUT2D eigenvalue weighted by molar-refractivity contribution is 0.240. The van der Waals surface area contributed by atoms with E-state index in [1.54, 1.807) is 0 Å². The van der Waals surface area contributed by atoms with Crippen LogP contribution in [-0.4, -0.2) is 0 Å². The molecular formula is C12H25. The van der Waals surface area contributed by atoms with E-state index in [2.05, 4.69) is 34.6 Å². The molecule has 0 spiro atoms. The fourth-order valence-electron chi connectivity index (χ4n) is 2.29. The van der Waals surface area contributed by atoms with E-state index in [-0.39, 0.29) is 0 Å². The molecule has 0 amide bonds. The highest BCUT2D eigenvalue weighted by Crippen LogP contribution is 2.29.